The van der Waals surface area contributed by atoms with E-state index in [0.29, 0.717) is 0 Å². The fourth-order valence-corrected chi connectivity index (χ4v) is 1.07. The number of nitro groups is 1. The van der Waals surface area contributed by atoms with Crippen LogP contribution in [0.5, 0.6) is 5.75 Å². The van der Waals surface area contributed by atoms with Crippen molar-refractivity contribution in [1.29, 1.82) is 0 Å². The van der Waals surface area contributed by atoms with Gasteiger partial charge in [0.05, 0.1) is 11.0 Å². The number of nitrogen functional groups attached to an aromatic ring is 1. The van der Waals surface area contributed by atoms with Crippen molar-refractivity contribution in [2.45, 2.75) is 0 Å². The van der Waals surface area contributed by atoms with Crippen LogP contribution < -0.4 is 9.92 Å². The van der Waals surface area contributed by atoms with Gasteiger partial charge < -0.3 is 14.5 Å². The van der Waals surface area contributed by atoms with E-state index in [4.69, 9.17) is 5.73 Å². The minimum absolute atomic E-state index is 0.0565. The lowest BCUT2D eigenvalue weighted by Gasteiger charge is -2.06. The van der Waals surface area contributed by atoms with Crippen LogP contribution in [0.1, 0.15) is 0 Å². The largest absolute Gasteiger partial charge is 0.740 e. The fraction of sp³-hybridized carbons (Fsp3) is 0. The normalized spacial score (nSPS) is 12.1. The molecule has 14 heavy (non-hydrogen) atoms. The van der Waals surface area contributed by atoms with Gasteiger partial charge in [-0.15, -0.1) is 0 Å². The molecule has 1 atom stereocenters. The third-order valence-corrected chi connectivity index (χ3v) is 1.69. The molecule has 1 unspecified atom stereocenters. The molecular formula is C6H5N2O5S-. The van der Waals surface area contributed by atoms with E-state index in [0.717, 1.165) is 6.07 Å². The molecule has 0 aliphatic carbocycles. The van der Waals surface area contributed by atoms with Crippen molar-refractivity contribution in [2.24, 2.45) is 0 Å². The standard InChI is InChI=1S/C6H6N2O5S/c7-5-2-1-4(13-14(11)12)3-6(5)8(9)10/h1-3H,7H2,(H,11,12)/p-1. The van der Waals surface area contributed by atoms with Crippen LogP contribution in [0.25, 0.3) is 0 Å². The molecule has 0 heterocycles. The topological polar surface area (TPSA) is 119 Å². The van der Waals surface area contributed by atoms with Crippen LogP contribution in [0.4, 0.5) is 11.4 Å². The van der Waals surface area contributed by atoms with Crippen molar-refractivity contribution in [3.05, 3.63) is 28.3 Å². The third kappa shape index (κ3) is 2.41. The summed E-state index contributed by atoms with van der Waals surface area (Å²) >= 11 is -2.76. The molecular weight excluding hydrogens is 212 g/mol. The molecule has 7 nitrogen and oxygen atoms in total. The number of rotatable bonds is 3. The summed E-state index contributed by atoms with van der Waals surface area (Å²) in [5, 5.41) is 10.4. The highest BCUT2D eigenvalue weighted by molar-refractivity contribution is 7.74. The third-order valence-electron chi connectivity index (χ3n) is 1.36. The van der Waals surface area contributed by atoms with Gasteiger partial charge >= 0.3 is 0 Å². The van der Waals surface area contributed by atoms with Crippen molar-refractivity contribution < 1.29 is 17.9 Å². The van der Waals surface area contributed by atoms with E-state index in [9.17, 15) is 18.9 Å². The number of nitrogens with zero attached hydrogens (tertiary/aromatic N) is 1. The molecule has 0 bridgehead atoms. The highest BCUT2D eigenvalue weighted by Crippen LogP contribution is 2.26. The van der Waals surface area contributed by atoms with Crippen LogP contribution >= 0.6 is 0 Å². The van der Waals surface area contributed by atoms with E-state index < -0.39 is 22.0 Å². The molecule has 76 valence electrons. The van der Waals surface area contributed by atoms with Gasteiger partial charge in [0.2, 0.25) is 0 Å². The second-order valence-corrected chi connectivity index (χ2v) is 2.84. The van der Waals surface area contributed by atoms with Gasteiger partial charge in [-0.05, 0) is 12.1 Å². The Morgan fingerprint density at radius 2 is 2.14 bits per heavy atom. The van der Waals surface area contributed by atoms with E-state index in [1.165, 1.54) is 12.1 Å². The van der Waals surface area contributed by atoms with Gasteiger partial charge in [0.15, 0.2) is 0 Å². The number of anilines is 1. The van der Waals surface area contributed by atoms with Crippen molar-refractivity contribution in [2.75, 3.05) is 5.73 Å². The molecule has 1 rings (SSSR count). The van der Waals surface area contributed by atoms with E-state index >= 15 is 0 Å². The highest BCUT2D eigenvalue weighted by atomic mass is 32.2. The van der Waals surface area contributed by atoms with Gasteiger partial charge in [0.1, 0.15) is 22.8 Å². The maximum absolute atomic E-state index is 10.4. The Bertz CT molecular complexity index is 394. The summed E-state index contributed by atoms with van der Waals surface area (Å²) in [7, 11) is 0. The SMILES string of the molecule is Nc1ccc(OS(=O)[O-])cc1[N+](=O)[O-]. The van der Waals surface area contributed by atoms with Gasteiger partial charge in [0, 0.05) is 0 Å². The predicted octanol–water partition coefficient (Wildman–Crippen LogP) is 0.350. The van der Waals surface area contributed by atoms with E-state index in [1.807, 2.05) is 0 Å². The summed E-state index contributed by atoms with van der Waals surface area (Å²) in [5.41, 5.74) is 4.82. The van der Waals surface area contributed by atoms with Crippen LogP contribution in [0.15, 0.2) is 18.2 Å². The fourth-order valence-electron chi connectivity index (χ4n) is 0.812. The minimum Gasteiger partial charge on any atom is -0.740 e. The lowest BCUT2D eigenvalue weighted by Crippen LogP contribution is -2.00. The van der Waals surface area contributed by atoms with Crippen LogP contribution in [0.3, 0.4) is 0 Å². The zero-order chi connectivity index (χ0) is 10.7. The zero-order valence-electron chi connectivity index (χ0n) is 6.71. The predicted molar refractivity (Wildman–Crippen MR) is 47.1 cm³/mol. The quantitative estimate of drug-likeness (QED) is 0.337. The molecule has 0 radical (unpaired) electrons. The monoisotopic (exact) mass is 217 g/mol. The second kappa shape index (κ2) is 4.03. The van der Waals surface area contributed by atoms with Crippen LogP contribution in [0.2, 0.25) is 0 Å². The maximum Gasteiger partial charge on any atom is 0.295 e. The van der Waals surface area contributed by atoms with Gasteiger partial charge in [-0.25, -0.2) is 4.21 Å². The number of benzene rings is 1. The average Bonchev–Trinajstić information content (AvgIpc) is 2.07. The molecule has 0 spiro atoms. The number of nitrogens with two attached hydrogens (primary N) is 1. The molecule has 0 aliphatic heterocycles. The maximum atomic E-state index is 10.4. The summed E-state index contributed by atoms with van der Waals surface area (Å²) in [4.78, 5) is 9.65. The first-order valence-electron chi connectivity index (χ1n) is 3.32. The molecule has 0 saturated carbocycles. The minimum atomic E-state index is -2.76. The Kier molecular flexibility index (Phi) is 2.99. The lowest BCUT2D eigenvalue weighted by atomic mass is 10.2. The molecule has 0 fully saturated rings. The van der Waals surface area contributed by atoms with Crippen LogP contribution in [-0.2, 0) is 11.4 Å². The van der Waals surface area contributed by atoms with E-state index in [1.54, 1.807) is 0 Å². The van der Waals surface area contributed by atoms with Gasteiger partial charge in [0.25, 0.3) is 5.69 Å². The van der Waals surface area contributed by atoms with E-state index in [-0.39, 0.29) is 11.4 Å². The van der Waals surface area contributed by atoms with E-state index in [2.05, 4.69) is 4.18 Å². The first-order chi connectivity index (χ1) is 6.50. The first-order valence-corrected chi connectivity index (χ1v) is 4.32. The summed E-state index contributed by atoms with van der Waals surface area (Å²) in [6.07, 6.45) is 0. The first kappa shape index (κ1) is 10.4. The number of hydrogen-bond donors (Lipinski definition) is 1. The molecule has 1 aromatic carbocycles. The molecule has 8 heteroatoms. The summed E-state index contributed by atoms with van der Waals surface area (Å²) in [6.45, 7) is 0. The Morgan fingerprint density at radius 1 is 1.50 bits per heavy atom. The highest BCUT2D eigenvalue weighted by Gasteiger charge is 2.12. The van der Waals surface area contributed by atoms with Crippen LogP contribution in [0, 0.1) is 10.1 Å². The van der Waals surface area contributed by atoms with Crippen LogP contribution in [-0.4, -0.2) is 13.7 Å². The number of hydrogen-bond acceptors (Lipinski definition) is 6. The van der Waals surface area contributed by atoms with Crippen molar-refractivity contribution in [3.63, 3.8) is 0 Å². The molecule has 2 N–H and O–H groups in total. The Labute approximate surface area is 81.1 Å². The van der Waals surface area contributed by atoms with Crippen molar-refractivity contribution in [1.82, 2.24) is 0 Å². The molecule has 0 aromatic heterocycles. The van der Waals surface area contributed by atoms with Gasteiger partial charge in [-0.3, -0.25) is 10.1 Å². The summed E-state index contributed by atoms with van der Waals surface area (Å²) < 4.78 is 24.4. The average molecular weight is 217 g/mol. The summed E-state index contributed by atoms with van der Waals surface area (Å²) in [5.74, 6) is -0.153. The number of nitro benzene ring substituents is 1. The smallest absolute Gasteiger partial charge is 0.295 e. The Hall–Kier alpha value is -1.67. The Morgan fingerprint density at radius 3 is 2.64 bits per heavy atom. The molecule has 1 aromatic rings. The van der Waals surface area contributed by atoms with Crippen molar-refractivity contribution >= 4 is 22.7 Å². The lowest BCUT2D eigenvalue weighted by molar-refractivity contribution is -0.383. The molecule has 0 amide bonds. The molecule has 0 saturated heterocycles. The molecule has 0 aliphatic rings. The van der Waals surface area contributed by atoms with Crippen molar-refractivity contribution in [3.8, 4) is 5.75 Å². The Balaban J connectivity index is 3.06. The van der Waals surface area contributed by atoms with Gasteiger partial charge in [-0.1, -0.05) is 0 Å². The zero-order valence-corrected chi connectivity index (χ0v) is 7.52. The summed E-state index contributed by atoms with van der Waals surface area (Å²) in [6, 6.07) is 3.35. The van der Waals surface area contributed by atoms with Gasteiger partial charge in [-0.2, -0.15) is 0 Å². The second-order valence-electron chi connectivity index (χ2n) is 2.27.